The van der Waals surface area contributed by atoms with Crippen molar-refractivity contribution in [3.05, 3.63) is 81.8 Å². The molecule has 1 amide bonds. The van der Waals surface area contributed by atoms with Gasteiger partial charge in [0.15, 0.2) is 11.5 Å². The van der Waals surface area contributed by atoms with Crippen molar-refractivity contribution in [2.45, 2.75) is 18.7 Å². The predicted molar refractivity (Wildman–Crippen MR) is 140 cm³/mol. The molecule has 35 heavy (non-hydrogen) atoms. The zero-order valence-electron chi connectivity index (χ0n) is 19.8. The Hall–Kier alpha value is -3.37. The van der Waals surface area contributed by atoms with Crippen molar-refractivity contribution in [2.24, 2.45) is 5.10 Å². The summed E-state index contributed by atoms with van der Waals surface area (Å²) in [5, 5.41) is 3.99. The molecule has 0 aliphatic carbocycles. The predicted octanol–water partition coefficient (Wildman–Crippen LogP) is 4.43. The minimum atomic E-state index is -4.00. The molecule has 0 spiro atoms. The first-order valence-electron chi connectivity index (χ1n) is 10.6. The quantitative estimate of drug-likeness (QED) is 0.309. The zero-order chi connectivity index (χ0) is 25.6. The van der Waals surface area contributed by atoms with Crippen molar-refractivity contribution in [1.82, 2.24) is 5.43 Å². The van der Waals surface area contributed by atoms with E-state index in [1.165, 1.54) is 32.6 Å². The number of aryl methyl sites for hydroxylation is 2. The van der Waals surface area contributed by atoms with Crippen LogP contribution in [0.4, 0.5) is 5.69 Å². The van der Waals surface area contributed by atoms with E-state index in [0.717, 1.165) is 15.4 Å². The normalized spacial score (nSPS) is 11.3. The van der Waals surface area contributed by atoms with Crippen molar-refractivity contribution in [1.29, 1.82) is 0 Å². The van der Waals surface area contributed by atoms with Gasteiger partial charge in [-0.3, -0.25) is 9.10 Å². The Balaban J connectivity index is 1.86. The molecule has 10 heteroatoms. The van der Waals surface area contributed by atoms with E-state index in [1.54, 1.807) is 43.3 Å². The number of halogens is 1. The van der Waals surface area contributed by atoms with Crippen LogP contribution >= 0.6 is 15.9 Å². The van der Waals surface area contributed by atoms with Crippen LogP contribution in [0.1, 0.15) is 16.7 Å². The Labute approximate surface area is 213 Å². The monoisotopic (exact) mass is 559 g/mol. The van der Waals surface area contributed by atoms with Gasteiger partial charge in [-0.25, -0.2) is 13.8 Å². The van der Waals surface area contributed by atoms with Gasteiger partial charge in [-0.15, -0.1) is 0 Å². The Kier molecular flexibility index (Phi) is 8.52. The number of sulfonamides is 1. The van der Waals surface area contributed by atoms with Crippen molar-refractivity contribution in [3.63, 3.8) is 0 Å². The average Bonchev–Trinajstić information content (AvgIpc) is 2.84. The molecule has 0 atom stereocenters. The summed E-state index contributed by atoms with van der Waals surface area (Å²) in [6.07, 6.45) is 1.43. The molecule has 0 fully saturated rings. The van der Waals surface area contributed by atoms with E-state index >= 15 is 0 Å². The van der Waals surface area contributed by atoms with Crippen LogP contribution in [0.2, 0.25) is 0 Å². The molecule has 0 bridgehead atoms. The number of amides is 1. The molecule has 3 aromatic rings. The van der Waals surface area contributed by atoms with Gasteiger partial charge in [-0.1, -0.05) is 30.3 Å². The third kappa shape index (κ3) is 6.20. The maximum Gasteiger partial charge on any atom is 0.264 e. The molecule has 1 N–H and O–H groups in total. The number of hydrazone groups is 1. The fourth-order valence-electron chi connectivity index (χ4n) is 3.36. The summed E-state index contributed by atoms with van der Waals surface area (Å²) < 4.78 is 39.3. The number of hydrogen-bond donors (Lipinski definition) is 1. The Bertz CT molecular complexity index is 1340. The molecule has 8 nitrogen and oxygen atoms in total. The van der Waals surface area contributed by atoms with Gasteiger partial charge in [0.25, 0.3) is 15.9 Å². The topological polar surface area (TPSA) is 97.3 Å². The third-order valence-corrected chi connectivity index (χ3v) is 7.47. The zero-order valence-corrected chi connectivity index (χ0v) is 22.2. The lowest BCUT2D eigenvalue weighted by Gasteiger charge is -2.25. The highest BCUT2D eigenvalue weighted by Gasteiger charge is 2.28. The Morgan fingerprint density at radius 1 is 1.06 bits per heavy atom. The summed E-state index contributed by atoms with van der Waals surface area (Å²) in [7, 11) is -0.959. The number of ether oxygens (including phenoxy) is 2. The van der Waals surface area contributed by atoms with Gasteiger partial charge in [-0.05, 0) is 76.8 Å². The molecule has 3 rings (SSSR count). The standard InChI is InChI=1S/C25H26BrN3O5S/c1-17-10-11-18(2)22(12-17)29(35(31,32)20-8-6-5-7-9-20)16-24(30)28-27-15-19-13-21(26)25(34-4)23(14-19)33-3/h5-15H,16H2,1-4H3,(H,28,30)/b27-15-. The Morgan fingerprint density at radius 3 is 2.43 bits per heavy atom. The number of carbonyl (C=O) groups excluding carboxylic acids is 1. The molecule has 0 aromatic heterocycles. The van der Waals surface area contributed by atoms with Crippen LogP contribution < -0.4 is 19.2 Å². The molecule has 0 saturated carbocycles. The van der Waals surface area contributed by atoms with Gasteiger partial charge >= 0.3 is 0 Å². The number of rotatable bonds is 9. The van der Waals surface area contributed by atoms with E-state index in [-0.39, 0.29) is 4.90 Å². The van der Waals surface area contributed by atoms with Crippen molar-refractivity contribution < 1.29 is 22.7 Å². The summed E-state index contributed by atoms with van der Waals surface area (Å²) in [5.74, 6) is 0.426. The molecule has 3 aromatic carbocycles. The van der Waals surface area contributed by atoms with Crippen LogP contribution in [0.25, 0.3) is 0 Å². The second-order valence-corrected chi connectivity index (χ2v) is 10.4. The molecular formula is C25H26BrN3O5S. The highest BCUT2D eigenvalue weighted by molar-refractivity contribution is 9.10. The number of anilines is 1. The molecule has 0 saturated heterocycles. The first-order valence-corrected chi connectivity index (χ1v) is 12.8. The van der Waals surface area contributed by atoms with Gasteiger partial charge in [0.2, 0.25) is 0 Å². The van der Waals surface area contributed by atoms with Crippen LogP contribution in [-0.2, 0) is 14.8 Å². The second-order valence-electron chi connectivity index (χ2n) is 7.65. The summed E-state index contributed by atoms with van der Waals surface area (Å²) in [4.78, 5) is 12.9. The van der Waals surface area contributed by atoms with Gasteiger partial charge in [-0.2, -0.15) is 5.10 Å². The van der Waals surface area contributed by atoms with E-state index in [1.807, 2.05) is 19.1 Å². The highest BCUT2D eigenvalue weighted by Crippen LogP contribution is 2.35. The molecule has 0 aliphatic rings. The lowest BCUT2D eigenvalue weighted by Crippen LogP contribution is -2.40. The molecule has 0 heterocycles. The van der Waals surface area contributed by atoms with Gasteiger partial charge in [0.1, 0.15) is 6.54 Å². The van der Waals surface area contributed by atoms with Gasteiger partial charge in [0.05, 0.1) is 35.5 Å². The maximum absolute atomic E-state index is 13.5. The fraction of sp³-hybridized carbons (Fsp3) is 0.200. The molecule has 0 unspecified atom stereocenters. The summed E-state index contributed by atoms with van der Waals surface area (Å²) in [6.45, 7) is 3.21. The summed E-state index contributed by atoms with van der Waals surface area (Å²) in [6, 6.07) is 16.9. The van der Waals surface area contributed by atoms with Crippen LogP contribution in [0, 0.1) is 13.8 Å². The third-order valence-electron chi connectivity index (χ3n) is 5.11. The van der Waals surface area contributed by atoms with E-state index in [9.17, 15) is 13.2 Å². The number of benzene rings is 3. The number of nitrogens with zero attached hydrogens (tertiary/aromatic N) is 2. The second kappa shape index (κ2) is 11.4. The number of hydrogen-bond acceptors (Lipinski definition) is 6. The average molecular weight is 560 g/mol. The minimum Gasteiger partial charge on any atom is -0.493 e. The van der Waals surface area contributed by atoms with E-state index in [4.69, 9.17) is 9.47 Å². The minimum absolute atomic E-state index is 0.0902. The molecule has 0 radical (unpaired) electrons. The van der Waals surface area contributed by atoms with Gasteiger partial charge < -0.3 is 9.47 Å². The highest BCUT2D eigenvalue weighted by atomic mass is 79.9. The largest absolute Gasteiger partial charge is 0.493 e. The number of nitrogens with one attached hydrogen (secondary N) is 1. The first kappa shape index (κ1) is 26.2. The smallest absolute Gasteiger partial charge is 0.264 e. The number of carbonyl (C=O) groups is 1. The molecule has 184 valence electrons. The van der Waals surface area contributed by atoms with Crippen LogP contribution in [-0.4, -0.2) is 41.3 Å². The first-order chi connectivity index (χ1) is 16.7. The van der Waals surface area contributed by atoms with Crippen LogP contribution in [0.5, 0.6) is 11.5 Å². The molecular weight excluding hydrogens is 534 g/mol. The van der Waals surface area contributed by atoms with E-state index < -0.39 is 22.5 Å². The number of methoxy groups -OCH3 is 2. The maximum atomic E-state index is 13.5. The molecule has 0 aliphatic heterocycles. The lowest BCUT2D eigenvalue weighted by molar-refractivity contribution is -0.119. The SMILES string of the molecule is COc1cc(/C=N\NC(=O)CN(c2cc(C)ccc2C)S(=O)(=O)c2ccccc2)cc(Br)c1OC. The van der Waals surface area contributed by atoms with Gasteiger partial charge in [0, 0.05) is 0 Å². The van der Waals surface area contributed by atoms with Crippen LogP contribution in [0.15, 0.2) is 75.1 Å². The Morgan fingerprint density at radius 2 is 1.77 bits per heavy atom. The van der Waals surface area contributed by atoms with Crippen molar-refractivity contribution >= 4 is 43.8 Å². The summed E-state index contributed by atoms with van der Waals surface area (Å²) in [5.41, 5.74) is 5.07. The van der Waals surface area contributed by atoms with E-state index in [2.05, 4.69) is 26.5 Å². The lowest BCUT2D eigenvalue weighted by atomic mass is 10.1. The summed E-state index contributed by atoms with van der Waals surface area (Å²) >= 11 is 3.41. The fourth-order valence-corrected chi connectivity index (χ4v) is 5.48. The van der Waals surface area contributed by atoms with Crippen molar-refractivity contribution in [2.75, 3.05) is 25.1 Å². The van der Waals surface area contributed by atoms with Crippen LogP contribution in [0.3, 0.4) is 0 Å². The van der Waals surface area contributed by atoms with Crippen molar-refractivity contribution in [3.8, 4) is 11.5 Å². The van der Waals surface area contributed by atoms with E-state index in [0.29, 0.717) is 27.2 Å².